The number of amides is 2. The molecule has 8 heteroatoms. The number of likely N-dealkylation sites (tertiary alicyclic amines) is 1. The zero-order valence-corrected chi connectivity index (χ0v) is 15.4. The second-order valence-corrected chi connectivity index (χ2v) is 7.27. The number of hydrogen-bond donors (Lipinski definition) is 1. The van der Waals surface area contributed by atoms with Crippen LogP contribution in [0.1, 0.15) is 18.4 Å². The van der Waals surface area contributed by atoms with Crippen LogP contribution >= 0.6 is 11.3 Å². The summed E-state index contributed by atoms with van der Waals surface area (Å²) in [4.78, 5) is 30.5. The van der Waals surface area contributed by atoms with Gasteiger partial charge in [-0.3, -0.25) is 9.59 Å². The Labute approximate surface area is 160 Å². The zero-order valence-electron chi connectivity index (χ0n) is 14.6. The number of nitrogens with one attached hydrogen (secondary N) is 1. The lowest BCUT2D eigenvalue weighted by molar-refractivity contribution is -0.130. The minimum absolute atomic E-state index is 0.0204. The zero-order chi connectivity index (χ0) is 18.6. The van der Waals surface area contributed by atoms with Gasteiger partial charge in [0.1, 0.15) is 0 Å². The second kappa shape index (κ2) is 7.79. The van der Waals surface area contributed by atoms with Crippen molar-refractivity contribution >= 4 is 34.4 Å². The fourth-order valence-electron chi connectivity index (χ4n) is 3.14. The first-order valence-electron chi connectivity index (χ1n) is 8.76. The standard InChI is InChI=1S/C19H19N3O4S/c23-17(4-2-13-1-3-15-16(11-13)26-12-25-15)22-8-5-14(6-9-22)18(24)21-19-20-7-10-27-19/h1-4,7,10-11,14H,5-6,8-9,12H2,(H,20,21,24). The Bertz CT molecular complexity index is 858. The number of aromatic nitrogens is 1. The van der Waals surface area contributed by atoms with Gasteiger partial charge >= 0.3 is 0 Å². The molecule has 140 valence electrons. The predicted molar refractivity (Wildman–Crippen MR) is 102 cm³/mol. The van der Waals surface area contributed by atoms with Gasteiger partial charge in [-0.15, -0.1) is 11.3 Å². The first kappa shape index (κ1) is 17.5. The predicted octanol–water partition coefficient (Wildman–Crippen LogP) is 2.76. The Morgan fingerprint density at radius 3 is 2.81 bits per heavy atom. The molecule has 2 aliphatic rings. The molecule has 7 nitrogen and oxygen atoms in total. The van der Waals surface area contributed by atoms with Crippen LogP contribution in [0.15, 0.2) is 35.9 Å². The molecule has 0 spiro atoms. The van der Waals surface area contributed by atoms with E-state index in [1.54, 1.807) is 23.2 Å². The lowest BCUT2D eigenvalue weighted by Crippen LogP contribution is -2.40. The third-order valence-electron chi connectivity index (χ3n) is 4.65. The van der Waals surface area contributed by atoms with E-state index in [2.05, 4.69) is 10.3 Å². The van der Waals surface area contributed by atoms with E-state index in [0.29, 0.717) is 36.8 Å². The fourth-order valence-corrected chi connectivity index (χ4v) is 3.68. The molecule has 1 N–H and O–H groups in total. The molecule has 3 heterocycles. The summed E-state index contributed by atoms with van der Waals surface area (Å²) in [5, 5.41) is 5.27. The number of ether oxygens (including phenoxy) is 2. The minimum Gasteiger partial charge on any atom is -0.454 e. The van der Waals surface area contributed by atoms with Crippen LogP contribution in [0.25, 0.3) is 6.08 Å². The van der Waals surface area contributed by atoms with Crippen LogP contribution in [-0.2, 0) is 9.59 Å². The number of piperidine rings is 1. The highest BCUT2D eigenvalue weighted by atomic mass is 32.1. The molecule has 2 aliphatic heterocycles. The van der Waals surface area contributed by atoms with Crippen molar-refractivity contribution in [3.8, 4) is 11.5 Å². The van der Waals surface area contributed by atoms with Gasteiger partial charge < -0.3 is 19.7 Å². The molecular formula is C19H19N3O4S. The largest absolute Gasteiger partial charge is 0.454 e. The van der Waals surface area contributed by atoms with E-state index in [1.165, 1.54) is 11.3 Å². The molecule has 0 saturated carbocycles. The summed E-state index contributed by atoms with van der Waals surface area (Å²) in [6, 6.07) is 5.56. The third-order valence-corrected chi connectivity index (χ3v) is 5.34. The number of hydrogen-bond acceptors (Lipinski definition) is 6. The van der Waals surface area contributed by atoms with Crippen LogP contribution in [0.3, 0.4) is 0 Å². The Kier molecular flexibility index (Phi) is 5.06. The number of nitrogens with zero attached hydrogens (tertiary/aromatic N) is 2. The molecular weight excluding hydrogens is 366 g/mol. The summed E-state index contributed by atoms with van der Waals surface area (Å²) in [7, 11) is 0. The molecule has 0 unspecified atom stereocenters. The SMILES string of the molecule is O=C(Nc1nccs1)C1CCN(C(=O)C=Cc2ccc3c(c2)OCO3)CC1. The van der Waals surface area contributed by atoms with Crippen molar-refractivity contribution in [3.63, 3.8) is 0 Å². The number of fused-ring (bicyclic) bond motifs is 1. The maximum atomic E-state index is 12.4. The number of thiazole rings is 1. The Hall–Kier alpha value is -2.87. The van der Waals surface area contributed by atoms with Crippen molar-refractivity contribution < 1.29 is 19.1 Å². The van der Waals surface area contributed by atoms with Gasteiger partial charge in [-0.1, -0.05) is 6.07 Å². The molecule has 4 rings (SSSR count). The number of carbonyl (C=O) groups excluding carboxylic acids is 2. The van der Waals surface area contributed by atoms with Gasteiger partial charge in [0.25, 0.3) is 0 Å². The van der Waals surface area contributed by atoms with Gasteiger partial charge in [-0.2, -0.15) is 0 Å². The Balaban J connectivity index is 1.29. The van der Waals surface area contributed by atoms with Crippen molar-refractivity contribution in [1.29, 1.82) is 0 Å². The smallest absolute Gasteiger partial charge is 0.246 e. The van der Waals surface area contributed by atoms with Gasteiger partial charge in [-0.25, -0.2) is 4.98 Å². The molecule has 1 aromatic carbocycles. The molecule has 2 amide bonds. The maximum absolute atomic E-state index is 12.4. The minimum atomic E-state index is -0.0872. The lowest BCUT2D eigenvalue weighted by Gasteiger charge is -2.30. The molecule has 0 radical (unpaired) electrons. The highest BCUT2D eigenvalue weighted by molar-refractivity contribution is 7.13. The average molecular weight is 385 g/mol. The fraction of sp³-hybridized carbons (Fsp3) is 0.316. The van der Waals surface area contributed by atoms with Crippen molar-refractivity contribution in [1.82, 2.24) is 9.88 Å². The normalized spacial score (nSPS) is 16.7. The Morgan fingerprint density at radius 1 is 1.22 bits per heavy atom. The Morgan fingerprint density at radius 2 is 2.04 bits per heavy atom. The van der Waals surface area contributed by atoms with E-state index in [-0.39, 0.29) is 24.5 Å². The molecule has 0 bridgehead atoms. The van der Waals surface area contributed by atoms with Crippen molar-refractivity contribution in [2.45, 2.75) is 12.8 Å². The van der Waals surface area contributed by atoms with Crippen molar-refractivity contribution in [2.75, 3.05) is 25.2 Å². The topological polar surface area (TPSA) is 80.8 Å². The van der Waals surface area contributed by atoms with Crippen LogP contribution in [-0.4, -0.2) is 41.6 Å². The third kappa shape index (κ3) is 4.11. The van der Waals surface area contributed by atoms with E-state index in [0.717, 1.165) is 11.3 Å². The highest BCUT2D eigenvalue weighted by Gasteiger charge is 2.27. The molecule has 0 atom stereocenters. The molecule has 27 heavy (non-hydrogen) atoms. The first-order valence-corrected chi connectivity index (χ1v) is 9.64. The van der Waals surface area contributed by atoms with Crippen LogP contribution in [0.4, 0.5) is 5.13 Å². The van der Waals surface area contributed by atoms with Gasteiger partial charge in [-0.05, 0) is 36.6 Å². The summed E-state index contributed by atoms with van der Waals surface area (Å²) in [5.41, 5.74) is 0.880. The van der Waals surface area contributed by atoms with Gasteiger partial charge in [0, 0.05) is 36.7 Å². The molecule has 0 aliphatic carbocycles. The molecule has 1 saturated heterocycles. The van der Waals surface area contributed by atoms with E-state index < -0.39 is 0 Å². The number of carbonyl (C=O) groups is 2. The van der Waals surface area contributed by atoms with Crippen LogP contribution in [0.5, 0.6) is 11.5 Å². The van der Waals surface area contributed by atoms with E-state index in [1.807, 2.05) is 23.6 Å². The number of anilines is 1. The van der Waals surface area contributed by atoms with Gasteiger partial charge in [0.05, 0.1) is 0 Å². The highest BCUT2D eigenvalue weighted by Crippen LogP contribution is 2.32. The quantitative estimate of drug-likeness (QED) is 0.819. The molecule has 2 aromatic rings. The summed E-state index contributed by atoms with van der Waals surface area (Å²) >= 11 is 1.40. The summed E-state index contributed by atoms with van der Waals surface area (Å²) in [5.74, 6) is 1.25. The second-order valence-electron chi connectivity index (χ2n) is 6.37. The maximum Gasteiger partial charge on any atom is 0.246 e. The number of benzene rings is 1. The molecule has 1 fully saturated rings. The molecule has 1 aromatic heterocycles. The van der Waals surface area contributed by atoms with E-state index >= 15 is 0 Å². The summed E-state index contributed by atoms with van der Waals surface area (Å²) < 4.78 is 10.6. The van der Waals surface area contributed by atoms with Gasteiger partial charge in [0.2, 0.25) is 18.6 Å². The van der Waals surface area contributed by atoms with E-state index in [4.69, 9.17) is 9.47 Å². The average Bonchev–Trinajstić information content (AvgIpc) is 3.37. The van der Waals surface area contributed by atoms with Crippen LogP contribution in [0.2, 0.25) is 0 Å². The van der Waals surface area contributed by atoms with Crippen LogP contribution in [0, 0.1) is 5.92 Å². The van der Waals surface area contributed by atoms with Crippen LogP contribution < -0.4 is 14.8 Å². The van der Waals surface area contributed by atoms with E-state index in [9.17, 15) is 9.59 Å². The first-order chi connectivity index (χ1) is 13.2. The van der Waals surface area contributed by atoms with Gasteiger partial charge in [0.15, 0.2) is 16.6 Å². The van der Waals surface area contributed by atoms with Crippen molar-refractivity contribution in [2.24, 2.45) is 5.92 Å². The summed E-state index contributed by atoms with van der Waals surface area (Å²) in [6.07, 6.45) is 6.30. The number of rotatable bonds is 4. The lowest BCUT2D eigenvalue weighted by atomic mass is 9.96. The van der Waals surface area contributed by atoms with Crippen molar-refractivity contribution in [3.05, 3.63) is 41.4 Å². The summed E-state index contributed by atoms with van der Waals surface area (Å²) in [6.45, 7) is 1.37. The monoisotopic (exact) mass is 385 g/mol.